The van der Waals surface area contributed by atoms with Gasteiger partial charge < -0.3 is 5.11 Å². The van der Waals surface area contributed by atoms with Crippen LogP contribution in [0.3, 0.4) is 0 Å². The maximum absolute atomic E-state index is 12.7. The van der Waals surface area contributed by atoms with Gasteiger partial charge in [-0.25, -0.2) is 4.68 Å². The first kappa shape index (κ1) is 18.4. The first-order chi connectivity index (χ1) is 14.1. The highest BCUT2D eigenvalue weighted by Crippen LogP contribution is 2.25. The Morgan fingerprint density at radius 2 is 1.55 bits per heavy atom. The van der Waals surface area contributed by atoms with E-state index < -0.39 is 0 Å². The Hall–Kier alpha value is -3.93. The summed E-state index contributed by atoms with van der Waals surface area (Å²) >= 11 is 0. The molecule has 1 aliphatic rings. The number of hydrazone groups is 1. The molecule has 0 aliphatic carbocycles. The Balaban J connectivity index is 1.59. The molecule has 0 radical (unpaired) electrons. The highest BCUT2D eigenvalue weighted by atomic mass is 16.3. The van der Waals surface area contributed by atoms with Crippen molar-refractivity contribution in [2.45, 2.75) is 13.8 Å². The molecule has 6 heteroatoms. The lowest BCUT2D eigenvalue weighted by Crippen LogP contribution is -2.21. The van der Waals surface area contributed by atoms with E-state index >= 15 is 0 Å². The molecule has 4 rings (SSSR count). The van der Waals surface area contributed by atoms with Gasteiger partial charge in [0.15, 0.2) is 0 Å². The third kappa shape index (κ3) is 3.48. The summed E-state index contributed by atoms with van der Waals surface area (Å²) in [7, 11) is 0. The molecule has 0 unspecified atom stereocenters. The zero-order valence-electron chi connectivity index (χ0n) is 16.1. The number of anilines is 1. The largest absolute Gasteiger partial charge is 0.858 e. The number of amides is 1. The average Bonchev–Trinajstić information content (AvgIpc) is 3.19. The van der Waals surface area contributed by atoms with Crippen LogP contribution in [-0.2, 0) is 4.79 Å². The van der Waals surface area contributed by atoms with Crippen LogP contribution in [0.2, 0.25) is 0 Å². The van der Waals surface area contributed by atoms with Crippen molar-refractivity contribution in [3.63, 3.8) is 0 Å². The number of benzene rings is 2. The van der Waals surface area contributed by atoms with Crippen molar-refractivity contribution in [1.29, 1.82) is 0 Å². The quantitative estimate of drug-likeness (QED) is 0.646. The van der Waals surface area contributed by atoms with Gasteiger partial charge in [0.2, 0.25) is 0 Å². The zero-order valence-corrected chi connectivity index (χ0v) is 16.1. The number of para-hydroxylation sites is 2. The van der Waals surface area contributed by atoms with Crippen molar-refractivity contribution in [2.75, 3.05) is 5.01 Å². The van der Waals surface area contributed by atoms with Crippen molar-refractivity contribution in [2.24, 2.45) is 5.10 Å². The highest BCUT2D eigenvalue weighted by Gasteiger charge is 2.27. The average molecular weight is 383 g/mol. The minimum Gasteiger partial charge on any atom is -0.858 e. The van der Waals surface area contributed by atoms with Gasteiger partial charge >= 0.3 is 0 Å². The van der Waals surface area contributed by atoms with Crippen molar-refractivity contribution in [1.82, 2.24) is 9.78 Å². The molecule has 2 heterocycles. The summed E-state index contributed by atoms with van der Waals surface area (Å²) in [5.41, 5.74) is 3.67. The molecular formula is C23H19N4O2-. The van der Waals surface area contributed by atoms with Crippen LogP contribution in [0.5, 0.6) is 5.88 Å². The molecule has 0 saturated carbocycles. The molecule has 0 saturated heterocycles. The van der Waals surface area contributed by atoms with Crippen molar-refractivity contribution < 1.29 is 9.90 Å². The van der Waals surface area contributed by atoms with Crippen LogP contribution in [0.1, 0.15) is 18.2 Å². The van der Waals surface area contributed by atoms with Gasteiger partial charge in [-0.3, -0.25) is 4.79 Å². The molecule has 0 fully saturated rings. The number of carbonyl (C=O) groups is 1. The first-order valence-electron chi connectivity index (χ1n) is 9.22. The van der Waals surface area contributed by atoms with E-state index in [9.17, 15) is 9.90 Å². The summed E-state index contributed by atoms with van der Waals surface area (Å²) in [6.45, 7) is 3.58. The third-order valence-electron chi connectivity index (χ3n) is 4.65. The molecule has 0 atom stereocenters. The van der Waals surface area contributed by atoms with Gasteiger partial charge in [-0.2, -0.15) is 15.2 Å². The number of carbonyl (C=O) groups excluding carboxylic acids is 1. The Kier molecular flexibility index (Phi) is 4.83. The topological polar surface area (TPSA) is 73.5 Å². The molecule has 0 N–H and O–H groups in total. The Bertz CT molecular complexity index is 1140. The monoisotopic (exact) mass is 383 g/mol. The standard InChI is InChI=1S/C23H20N4O2/c1-16-20(22(28)26(24-16)18-10-5-3-6-11-18)14-9-15-21-17(2)25-27(23(21)29)19-12-7-4-8-13-19/h3-15,28H,1-2H3/p-1/b14-9+,21-15-. The predicted molar refractivity (Wildman–Crippen MR) is 112 cm³/mol. The van der Waals surface area contributed by atoms with E-state index in [-0.39, 0.29) is 11.8 Å². The molecule has 3 aromatic rings. The molecule has 0 bridgehead atoms. The Labute approximate surface area is 168 Å². The van der Waals surface area contributed by atoms with E-state index in [0.717, 1.165) is 0 Å². The number of aromatic nitrogens is 2. The Morgan fingerprint density at radius 1 is 0.931 bits per heavy atom. The van der Waals surface area contributed by atoms with Crippen LogP contribution >= 0.6 is 0 Å². The fraction of sp³-hybridized carbons (Fsp3) is 0.0870. The SMILES string of the molecule is CC1=NN(c2ccccc2)C(=O)/C1=C\C=C\c1c(C)nn(-c2ccccc2)c1[O-]. The molecule has 144 valence electrons. The minimum atomic E-state index is -0.197. The molecular weight excluding hydrogens is 364 g/mol. The van der Waals surface area contributed by atoms with Crippen molar-refractivity contribution >= 4 is 23.4 Å². The molecule has 1 aromatic heterocycles. The molecule has 0 spiro atoms. The lowest BCUT2D eigenvalue weighted by atomic mass is 10.1. The summed E-state index contributed by atoms with van der Waals surface area (Å²) in [5, 5.41) is 22.8. The molecule has 1 amide bonds. The van der Waals surface area contributed by atoms with E-state index in [1.165, 1.54) is 9.69 Å². The minimum absolute atomic E-state index is 0.197. The maximum Gasteiger partial charge on any atom is 0.280 e. The van der Waals surface area contributed by atoms with E-state index in [0.29, 0.717) is 33.9 Å². The van der Waals surface area contributed by atoms with Gasteiger partial charge in [-0.05, 0) is 50.1 Å². The summed E-state index contributed by atoms with van der Waals surface area (Å²) in [6.07, 6.45) is 5.06. The lowest BCUT2D eigenvalue weighted by molar-refractivity contribution is -0.278. The van der Waals surface area contributed by atoms with Crippen LogP contribution in [0.25, 0.3) is 11.8 Å². The summed E-state index contributed by atoms with van der Waals surface area (Å²) in [5.74, 6) is -0.394. The molecule has 1 aliphatic heterocycles. The number of aryl methyl sites for hydroxylation is 1. The number of hydrogen-bond acceptors (Lipinski definition) is 4. The Morgan fingerprint density at radius 3 is 2.21 bits per heavy atom. The summed E-state index contributed by atoms with van der Waals surface area (Å²) in [4.78, 5) is 12.7. The number of hydrogen-bond donors (Lipinski definition) is 0. The smallest absolute Gasteiger partial charge is 0.280 e. The van der Waals surface area contributed by atoms with Crippen LogP contribution < -0.4 is 10.1 Å². The molecule has 29 heavy (non-hydrogen) atoms. The lowest BCUT2D eigenvalue weighted by Gasteiger charge is -2.11. The van der Waals surface area contributed by atoms with Gasteiger partial charge in [0.25, 0.3) is 5.91 Å². The fourth-order valence-corrected chi connectivity index (χ4v) is 3.15. The summed E-state index contributed by atoms with van der Waals surface area (Å²) < 4.78 is 1.38. The maximum atomic E-state index is 12.7. The van der Waals surface area contributed by atoms with Gasteiger partial charge in [0.1, 0.15) is 0 Å². The van der Waals surface area contributed by atoms with E-state index in [1.54, 1.807) is 32.1 Å². The molecule has 2 aromatic carbocycles. The van der Waals surface area contributed by atoms with Crippen molar-refractivity contribution in [3.8, 4) is 11.6 Å². The first-order valence-corrected chi connectivity index (χ1v) is 9.22. The van der Waals surface area contributed by atoms with Crippen LogP contribution in [0.4, 0.5) is 5.69 Å². The van der Waals surface area contributed by atoms with Crippen LogP contribution in [-0.4, -0.2) is 21.4 Å². The third-order valence-corrected chi connectivity index (χ3v) is 4.65. The molecule has 6 nitrogen and oxygen atoms in total. The van der Waals surface area contributed by atoms with Crippen LogP contribution in [0, 0.1) is 6.92 Å². The normalized spacial score (nSPS) is 15.5. The zero-order chi connectivity index (χ0) is 20.4. The van der Waals surface area contributed by atoms with E-state index in [4.69, 9.17) is 0 Å². The number of allylic oxidation sites excluding steroid dienone is 2. The van der Waals surface area contributed by atoms with Crippen molar-refractivity contribution in [3.05, 3.63) is 89.6 Å². The summed E-state index contributed by atoms with van der Waals surface area (Å²) in [6, 6.07) is 18.5. The van der Waals surface area contributed by atoms with Gasteiger partial charge in [-0.15, -0.1) is 0 Å². The fourth-order valence-electron chi connectivity index (χ4n) is 3.15. The number of nitrogens with zero attached hydrogens (tertiary/aromatic N) is 4. The van der Waals surface area contributed by atoms with Gasteiger partial charge in [0, 0.05) is 5.56 Å². The number of rotatable bonds is 4. The van der Waals surface area contributed by atoms with E-state index in [1.807, 2.05) is 60.7 Å². The van der Waals surface area contributed by atoms with Crippen LogP contribution in [0.15, 0.2) is 83.5 Å². The second kappa shape index (κ2) is 7.59. The van der Waals surface area contributed by atoms with Gasteiger partial charge in [-0.1, -0.05) is 48.6 Å². The predicted octanol–water partition coefficient (Wildman–Crippen LogP) is 3.62. The van der Waals surface area contributed by atoms with E-state index in [2.05, 4.69) is 10.2 Å². The second-order valence-corrected chi connectivity index (χ2v) is 6.63. The van der Waals surface area contributed by atoms with Gasteiger partial charge in [0.05, 0.1) is 28.4 Å². The highest BCUT2D eigenvalue weighted by molar-refractivity contribution is 6.29. The second-order valence-electron chi connectivity index (χ2n) is 6.63.